The lowest BCUT2D eigenvalue weighted by molar-refractivity contribution is 0.377. The lowest BCUT2D eigenvalue weighted by Gasteiger charge is -2.03. The molecule has 2 rings (SSSR count). The van der Waals surface area contributed by atoms with Crippen LogP contribution < -0.4 is 4.72 Å². The van der Waals surface area contributed by atoms with Gasteiger partial charge in [-0.3, -0.25) is 0 Å². The van der Waals surface area contributed by atoms with Crippen molar-refractivity contribution in [3.63, 3.8) is 0 Å². The summed E-state index contributed by atoms with van der Waals surface area (Å²) in [5, 5.41) is 3.70. The molecule has 18 heavy (non-hydrogen) atoms. The number of nitrogens with one attached hydrogen (secondary N) is 1. The Balaban J connectivity index is 2.15. The van der Waals surface area contributed by atoms with Gasteiger partial charge in [0.15, 0.2) is 5.76 Å². The Morgan fingerprint density at radius 3 is 2.67 bits per heavy atom. The van der Waals surface area contributed by atoms with Gasteiger partial charge in [0, 0.05) is 10.9 Å². The Hall–Kier alpha value is -0.700. The third-order valence-corrected chi connectivity index (χ3v) is 5.45. The summed E-state index contributed by atoms with van der Waals surface area (Å²) in [6.07, 6.45) is 0. The van der Waals surface area contributed by atoms with Crippen molar-refractivity contribution in [2.45, 2.75) is 25.3 Å². The molecule has 0 aromatic carbocycles. The third kappa shape index (κ3) is 3.00. The number of hydrogen-bond donors (Lipinski definition) is 1. The Kier molecular flexibility index (Phi) is 3.90. The van der Waals surface area contributed by atoms with Crippen LogP contribution in [0.4, 0.5) is 0 Å². The summed E-state index contributed by atoms with van der Waals surface area (Å²) >= 11 is 4.66. The van der Waals surface area contributed by atoms with E-state index in [1.54, 1.807) is 26.0 Å². The summed E-state index contributed by atoms with van der Waals surface area (Å²) in [6.45, 7) is 3.64. The van der Waals surface area contributed by atoms with Crippen LogP contribution in [0.3, 0.4) is 0 Å². The summed E-state index contributed by atoms with van der Waals surface area (Å²) < 4.78 is 32.3. The Morgan fingerprint density at radius 1 is 1.44 bits per heavy atom. The molecule has 0 atom stereocenters. The van der Waals surface area contributed by atoms with Crippen LogP contribution in [-0.2, 0) is 16.6 Å². The van der Waals surface area contributed by atoms with E-state index in [2.05, 4.69) is 25.8 Å². The minimum absolute atomic E-state index is 0.0933. The first-order valence-electron chi connectivity index (χ1n) is 5.06. The fourth-order valence-electron chi connectivity index (χ4n) is 1.44. The Morgan fingerprint density at radius 2 is 2.17 bits per heavy atom. The zero-order chi connectivity index (χ0) is 13.3. The van der Waals surface area contributed by atoms with Crippen molar-refractivity contribution in [3.8, 4) is 0 Å². The van der Waals surface area contributed by atoms with Crippen LogP contribution in [0, 0.1) is 13.8 Å². The highest BCUT2D eigenvalue weighted by atomic mass is 79.9. The van der Waals surface area contributed by atoms with Gasteiger partial charge in [0.05, 0.1) is 20.9 Å². The molecule has 5 nitrogen and oxygen atoms in total. The van der Waals surface area contributed by atoms with Gasteiger partial charge in [0.2, 0.25) is 10.0 Å². The second-order valence-electron chi connectivity index (χ2n) is 3.73. The molecule has 0 saturated carbocycles. The van der Waals surface area contributed by atoms with Gasteiger partial charge in [-0.2, -0.15) is 0 Å². The predicted octanol–water partition coefficient (Wildman–Crippen LogP) is 2.59. The highest BCUT2D eigenvalue weighted by Gasteiger charge is 2.19. The Bertz CT molecular complexity index is 660. The van der Waals surface area contributed by atoms with Crippen LogP contribution in [0.1, 0.15) is 16.3 Å². The van der Waals surface area contributed by atoms with Crippen LogP contribution in [0.2, 0.25) is 0 Å². The maximum Gasteiger partial charge on any atom is 0.242 e. The zero-order valence-electron chi connectivity index (χ0n) is 9.73. The predicted molar refractivity (Wildman–Crippen MR) is 72.0 cm³/mol. The van der Waals surface area contributed by atoms with Crippen LogP contribution in [0.25, 0.3) is 0 Å². The van der Waals surface area contributed by atoms with Crippen molar-refractivity contribution >= 4 is 37.3 Å². The van der Waals surface area contributed by atoms with E-state index >= 15 is 0 Å². The van der Waals surface area contributed by atoms with E-state index in [0.717, 1.165) is 14.4 Å². The normalized spacial score (nSPS) is 11.9. The van der Waals surface area contributed by atoms with Gasteiger partial charge in [0.1, 0.15) is 0 Å². The number of rotatable bonds is 4. The molecule has 0 saturated heterocycles. The van der Waals surface area contributed by atoms with Crippen molar-refractivity contribution in [1.82, 2.24) is 9.88 Å². The molecule has 2 aromatic rings. The molecule has 2 aromatic heterocycles. The molecule has 0 aliphatic heterocycles. The van der Waals surface area contributed by atoms with Crippen LogP contribution in [-0.4, -0.2) is 13.6 Å². The summed E-state index contributed by atoms with van der Waals surface area (Å²) in [5.74, 6) is 0.489. The standard InChI is InChI=1S/C10H11BrN2O3S2/c1-6-3-8(16-13-6)5-12-18(14,15)9-4-10(11)17-7(9)2/h3-4,12H,5H2,1-2H3. The van der Waals surface area contributed by atoms with Gasteiger partial charge in [-0.15, -0.1) is 11.3 Å². The summed E-state index contributed by atoms with van der Waals surface area (Å²) in [7, 11) is -3.52. The van der Waals surface area contributed by atoms with Crippen LogP contribution in [0.15, 0.2) is 25.3 Å². The average molecular weight is 351 g/mol. The second kappa shape index (κ2) is 5.12. The molecule has 0 radical (unpaired) electrons. The van der Waals surface area contributed by atoms with Crippen molar-refractivity contribution < 1.29 is 12.9 Å². The van der Waals surface area contributed by atoms with Crippen LogP contribution >= 0.6 is 27.3 Å². The quantitative estimate of drug-likeness (QED) is 0.919. The first kappa shape index (κ1) is 13.7. The van der Waals surface area contributed by atoms with Crippen molar-refractivity contribution in [3.05, 3.63) is 32.3 Å². The summed E-state index contributed by atoms with van der Waals surface area (Å²) in [6, 6.07) is 3.28. The topological polar surface area (TPSA) is 72.2 Å². The molecule has 0 aliphatic rings. The lowest BCUT2D eigenvalue weighted by atomic mass is 10.4. The van der Waals surface area contributed by atoms with E-state index in [4.69, 9.17) is 4.52 Å². The number of nitrogens with zero attached hydrogens (tertiary/aromatic N) is 1. The smallest absolute Gasteiger partial charge is 0.242 e. The number of aryl methyl sites for hydroxylation is 2. The third-order valence-electron chi connectivity index (χ3n) is 2.24. The van der Waals surface area contributed by atoms with E-state index in [-0.39, 0.29) is 11.4 Å². The van der Waals surface area contributed by atoms with E-state index < -0.39 is 10.0 Å². The van der Waals surface area contributed by atoms with Gasteiger partial charge >= 0.3 is 0 Å². The maximum atomic E-state index is 12.1. The number of halogens is 1. The van der Waals surface area contributed by atoms with E-state index in [1.165, 1.54) is 11.3 Å². The second-order valence-corrected chi connectivity index (χ2v) is 8.10. The maximum absolute atomic E-state index is 12.1. The molecule has 98 valence electrons. The summed E-state index contributed by atoms with van der Waals surface area (Å²) in [4.78, 5) is 1.03. The fourth-order valence-corrected chi connectivity index (χ4v) is 4.85. The molecular weight excluding hydrogens is 340 g/mol. The van der Waals surface area contributed by atoms with E-state index in [9.17, 15) is 8.42 Å². The fraction of sp³-hybridized carbons (Fsp3) is 0.300. The monoisotopic (exact) mass is 350 g/mol. The summed E-state index contributed by atoms with van der Waals surface area (Å²) in [5.41, 5.74) is 0.721. The molecule has 0 bridgehead atoms. The first-order chi connectivity index (χ1) is 8.38. The highest BCUT2D eigenvalue weighted by molar-refractivity contribution is 9.11. The van der Waals surface area contributed by atoms with Gasteiger partial charge in [-0.25, -0.2) is 13.1 Å². The molecular formula is C10H11BrN2O3S2. The largest absolute Gasteiger partial charge is 0.360 e. The highest BCUT2D eigenvalue weighted by Crippen LogP contribution is 2.29. The van der Waals surface area contributed by atoms with Gasteiger partial charge in [-0.1, -0.05) is 5.16 Å². The lowest BCUT2D eigenvalue weighted by Crippen LogP contribution is -2.23. The molecule has 2 heterocycles. The van der Waals surface area contributed by atoms with Crippen molar-refractivity contribution in [2.75, 3.05) is 0 Å². The zero-order valence-corrected chi connectivity index (χ0v) is 12.9. The van der Waals surface area contributed by atoms with Gasteiger partial charge in [-0.05, 0) is 35.8 Å². The number of thiophene rings is 1. The minimum atomic E-state index is -3.52. The van der Waals surface area contributed by atoms with E-state index in [0.29, 0.717) is 5.76 Å². The SMILES string of the molecule is Cc1cc(CNS(=O)(=O)c2cc(Br)sc2C)on1. The number of hydrogen-bond acceptors (Lipinski definition) is 5. The molecule has 0 amide bonds. The average Bonchev–Trinajstić information content (AvgIpc) is 2.82. The van der Waals surface area contributed by atoms with E-state index in [1.807, 2.05) is 0 Å². The molecule has 0 aliphatic carbocycles. The molecule has 0 spiro atoms. The molecule has 0 unspecified atom stereocenters. The van der Waals surface area contributed by atoms with Crippen molar-refractivity contribution in [1.29, 1.82) is 0 Å². The van der Waals surface area contributed by atoms with Crippen molar-refractivity contribution in [2.24, 2.45) is 0 Å². The van der Waals surface area contributed by atoms with Gasteiger partial charge < -0.3 is 4.52 Å². The molecule has 8 heteroatoms. The Labute approximate surface area is 117 Å². The minimum Gasteiger partial charge on any atom is -0.360 e. The first-order valence-corrected chi connectivity index (χ1v) is 8.15. The number of aromatic nitrogens is 1. The number of sulfonamides is 1. The van der Waals surface area contributed by atoms with Crippen LogP contribution in [0.5, 0.6) is 0 Å². The molecule has 0 fully saturated rings. The van der Waals surface area contributed by atoms with Gasteiger partial charge in [0.25, 0.3) is 0 Å². The molecule has 1 N–H and O–H groups in total.